The SMILES string of the molecule is C=CCN(C)CCCCOC1CCC(N(C)C(=O)Nc2ccc(C)cc2)CC1. The van der Waals surface area contributed by atoms with Gasteiger partial charge >= 0.3 is 6.03 Å². The third kappa shape index (κ3) is 7.64. The molecule has 1 N–H and O–H groups in total. The molecule has 1 aliphatic carbocycles. The highest BCUT2D eigenvalue weighted by Crippen LogP contribution is 2.25. The van der Waals surface area contributed by atoms with E-state index in [0.29, 0.717) is 6.10 Å². The zero-order chi connectivity index (χ0) is 20.4. The van der Waals surface area contributed by atoms with Crippen LogP contribution in [0.1, 0.15) is 44.1 Å². The monoisotopic (exact) mass is 387 g/mol. The summed E-state index contributed by atoms with van der Waals surface area (Å²) in [5.74, 6) is 0. The van der Waals surface area contributed by atoms with Gasteiger partial charge in [-0.1, -0.05) is 23.8 Å². The van der Waals surface area contributed by atoms with Crippen molar-refractivity contribution in [2.45, 2.75) is 57.6 Å². The zero-order valence-corrected chi connectivity index (χ0v) is 17.8. The molecule has 0 bridgehead atoms. The minimum atomic E-state index is -0.0307. The molecule has 0 saturated heterocycles. The van der Waals surface area contributed by atoms with Gasteiger partial charge < -0.3 is 19.9 Å². The topological polar surface area (TPSA) is 44.8 Å². The fourth-order valence-electron chi connectivity index (χ4n) is 3.66. The Balaban J connectivity index is 1.62. The number of urea groups is 1. The first-order valence-corrected chi connectivity index (χ1v) is 10.5. The number of benzene rings is 1. The summed E-state index contributed by atoms with van der Waals surface area (Å²) in [5.41, 5.74) is 2.03. The van der Waals surface area contributed by atoms with Crippen LogP contribution in [0.15, 0.2) is 36.9 Å². The molecule has 2 rings (SSSR count). The fraction of sp³-hybridized carbons (Fsp3) is 0.609. The number of ether oxygens (including phenoxy) is 1. The first-order valence-electron chi connectivity index (χ1n) is 10.5. The predicted molar refractivity (Wildman–Crippen MR) is 117 cm³/mol. The Labute approximate surface area is 170 Å². The van der Waals surface area contributed by atoms with Crippen molar-refractivity contribution in [2.24, 2.45) is 0 Å². The minimum absolute atomic E-state index is 0.0307. The number of nitrogens with zero attached hydrogens (tertiary/aromatic N) is 2. The van der Waals surface area contributed by atoms with Gasteiger partial charge in [0.15, 0.2) is 0 Å². The molecule has 0 heterocycles. The summed E-state index contributed by atoms with van der Waals surface area (Å²) in [6.07, 6.45) is 8.60. The van der Waals surface area contributed by atoms with Crippen LogP contribution in [-0.4, -0.2) is 61.8 Å². The van der Waals surface area contributed by atoms with Crippen LogP contribution in [0.25, 0.3) is 0 Å². The van der Waals surface area contributed by atoms with E-state index in [0.717, 1.165) is 63.9 Å². The number of hydrogen-bond donors (Lipinski definition) is 1. The van der Waals surface area contributed by atoms with Crippen molar-refractivity contribution >= 4 is 11.7 Å². The Morgan fingerprint density at radius 3 is 2.50 bits per heavy atom. The predicted octanol–water partition coefficient (Wildman–Crippen LogP) is 4.68. The molecule has 0 spiro atoms. The molecule has 0 radical (unpaired) electrons. The zero-order valence-electron chi connectivity index (χ0n) is 17.8. The van der Waals surface area contributed by atoms with Crippen LogP contribution in [0.4, 0.5) is 10.5 Å². The number of rotatable bonds is 10. The lowest BCUT2D eigenvalue weighted by molar-refractivity contribution is 0.0127. The average Bonchev–Trinajstić information content (AvgIpc) is 2.69. The van der Waals surface area contributed by atoms with E-state index in [1.807, 2.05) is 49.2 Å². The van der Waals surface area contributed by atoms with E-state index in [9.17, 15) is 4.79 Å². The van der Waals surface area contributed by atoms with Gasteiger partial charge in [-0.2, -0.15) is 0 Å². The summed E-state index contributed by atoms with van der Waals surface area (Å²) in [5, 5.41) is 2.99. The molecule has 1 saturated carbocycles. The smallest absolute Gasteiger partial charge is 0.321 e. The Kier molecular flexibility index (Phi) is 9.51. The standard InChI is InChI=1S/C23H37N3O2/c1-5-16-25(3)17-6-7-18-28-22-14-12-21(13-15-22)26(4)23(27)24-20-10-8-19(2)9-11-20/h5,8-11,21-22H,1,6-7,12-18H2,2-4H3,(H,24,27). The van der Waals surface area contributed by atoms with Gasteiger partial charge in [0.2, 0.25) is 0 Å². The maximum Gasteiger partial charge on any atom is 0.321 e. The number of likely N-dealkylation sites (N-methyl/N-ethyl adjacent to an activating group) is 1. The minimum Gasteiger partial charge on any atom is -0.378 e. The molecule has 0 aliphatic heterocycles. The van der Waals surface area contributed by atoms with Crippen molar-refractivity contribution in [2.75, 3.05) is 39.1 Å². The van der Waals surface area contributed by atoms with Crippen LogP contribution >= 0.6 is 0 Å². The fourth-order valence-corrected chi connectivity index (χ4v) is 3.66. The Bertz CT molecular complexity index is 594. The maximum atomic E-state index is 12.5. The first kappa shape index (κ1) is 22.4. The third-order valence-corrected chi connectivity index (χ3v) is 5.54. The Hall–Kier alpha value is -1.85. The molecular weight excluding hydrogens is 350 g/mol. The maximum absolute atomic E-state index is 12.5. The lowest BCUT2D eigenvalue weighted by Gasteiger charge is -2.34. The van der Waals surface area contributed by atoms with Crippen LogP contribution in [0, 0.1) is 6.92 Å². The number of nitrogens with one attached hydrogen (secondary N) is 1. The molecule has 1 aromatic carbocycles. The molecule has 1 aromatic rings. The molecule has 0 aromatic heterocycles. The lowest BCUT2D eigenvalue weighted by Crippen LogP contribution is -2.42. The number of hydrogen-bond acceptors (Lipinski definition) is 3. The van der Waals surface area contributed by atoms with Gasteiger partial charge in [0.1, 0.15) is 0 Å². The van der Waals surface area contributed by atoms with Gasteiger partial charge in [0, 0.05) is 31.9 Å². The third-order valence-electron chi connectivity index (χ3n) is 5.54. The molecule has 1 fully saturated rings. The highest BCUT2D eigenvalue weighted by atomic mass is 16.5. The summed E-state index contributed by atoms with van der Waals surface area (Å²) in [6, 6.07) is 8.17. The van der Waals surface area contributed by atoms with Crippen LogP contribution < -0.4 is 5.32 Å². The first-order chi connectivity index (χ1) is 13.5. The summed E-state index contributed by atoms with van der Waals surface area (Å²) in [4.78, 5) is 16.6. The Morgan fingerprint density at radius 1 is 1.18 bits per heavy atom. The molecule has 1 aliphatic rings. The number of aryl methyl sites for hydroxylation is 1. The summed E-state index contributed by atoms with van der Waals surface area (Å²) in [7, 11) is 4.02. The van der Waals surface area contributed by atoms with E-state index in [-0.39, 0.29) is 12.1 Å². The second-order valence-corrected chi connectivity index (χ2v) is 7.97. The summed E-state index contributed by atoms with van der Waals surface area (Å²) < 4.78 is 6.06. The van der Waals surface area contributed by atoms with E-state index >= 15 is 0 Å². The quantitative estimate of drug-likeness (QED) is 0.468. The van der Waals surface area contributed by atoms with Crippen molar-refractivity contribution in [3.05, 3.63) is 42.5 Å². The van der Waals surface area contributed by atoms with Gasteiger partial charge in [-0.25, -0.2) is 4.79 Å². The second kappa shape index (κ2) is 11.9. The van der Waals surface area contributed by atoms with Crippen molar-refractivity contribution in [3.63, 3.8) is 0 Å². The van der Waals surface area contributed by atoms with E-state index in [1.165, 1.54) is 5.56 Å². The van der Waals surface area contributed by atoms with Gasteiger partial charge in [0.05, 0.1) is 6.10 Å². The second-order valence-electron chi connectivity index (χ2n) is 7.97. The number of amides is 2. The molecule has 0 unspecified atom stereocenters. The highest BCUT2D eigenvalue weighted by Gasteiger charge is 2.26. The van der Waals surface area contributed by atoms with Crippen LogP contribution in [0.3, 0.4) is 0 Å². The van der Waals surface area contributed by atoms with Gasteiger partial charge in [-0.05, 0) is 71.2 Å². The molecule has 2 amide bonds. The lowest BCUT2D eigenvalue weighted by atomic mass is 9.92. The largest absolute Gasteiger partial charge is 0.378 e. The number of anilines is 1. The van der Waals surface area contributed by atoms with Crippen LogP contribution in [0.2, 0.25) is 0 Å². The molecule has 0 atom stereocenters. The van der Waals surface area contributed by atoms with E-state index in [1.54, 1.807) is 0 Å². The summed E-state index contributed by atoms with van der Waals surface area (Å²) in [6.45, 7) is 8.67. The normalized spacial score (nSPS) is 19.4. The van der Waals surface area contributed by atoms with Crippen LogP contribution in [0.5, 0.6) is 0 Å². The van der Waals surface area contributed by atoms with Crippen molar-refractivity contribution < 1.29 is 9.53 Å². The van der Waals surface area contributed by atoms with Crippen molar-refractivity contribution in [3.8, 4) is 0 Å². The molecule has 156 valence electrons. The van der Waals surface area contributed by atoms with Crippen molar-refractivity contribution in [1.82, 2.24) is 9.80 Å². The molecular formula is C23H37N3O2. The van der Waals surface area contributed by atoms with Crippen LogP contribution in [-0.2, 0) is 4.74 Å². The summed E-state index contributed by atoms with van der Waals surface area (Å²) >= 11 is 0. The number of unbranched alkanes of at least 4 members (excludes halogenated alkanes) is 1. The Morgan fingerprint density at radius 2 is 1.86 bits per heavy atom. The van der Waals surface area contributed by atoms with E-state index in [4.69, 9.17) is 4.74 Å². The van der Waals surface area contributed by atoms with Gasteiger partial charge in [-0.3, -0.25) is 0 Å². The molecule has 5 nitrogen and oxygen atoms in total. The van der Waals surface area contributed by atoms with Gasteiger partial charge in [0.25, 0.3) is 0 Å². The van der Waals surface area contributed by atoms with Gasteiger partial charge in [-0.15, -0.1) is 6.58 Å². The van der Waals surface area contributed by atoms with Crippen molar-refractivity contribution in [1.29, 1.82) is 0 Å². The average molecular weight is 388 g/mol. The number of carbonyl (C=O) groups is 1. The molecule has 28 heavy (non-hydrogen) atoms. The van der Waals surface area contributed by atoms with E-state index in [2.05, 4.69) is 23.8 Å². The molecule has 5 heteroatoms. The van der Waals surface area contributed by atoms with E-state index < -0.39 is 0 Å². The highest BCUT2D eigenvalue weighted by molar-refractivity contribution is 5.89. The number of carbonyl (C=O) groups excluding carboxylic acids is 1.